The zero-order valence-corrected chi connectivity index (χ0v) is 10.3. The number of rotatable bonds is 4. The van der Waals surface area contributed by atoms with Crippen LogP contribution in [0.5, 0.6) is 0 Å². The van der Waals surface area contributed by atoms with Crippen LogP contribution in [0.4, 0.5) is 0 Å². The van der Waals surface area contributed by atoms with Crippen molar-refractivity contribution in [2.75, 3.05) is 0 Å². The van der Waals surface area contributed by atoms with Gasteiger partial charge in [-0.1, -0.05) is 19.8 Å². The van der Waals surface area contributed by atoms with E-state index in [1.165, 1.54) is 25.5 Å². The van der Waals surface area contributed by atoms with Crippen LogP contribution in [0.2, 0.25) is 0 Å². The van der Waals surface area contributed by atoms with E-state index in [0.29, 0.717) is 0 Å². The molecule has 0 unspecified atom stereocenters. The molecule has 0 aromatic heterocycles. The molecule has 0 spiro atoms. The molecule has 1 nitrogen and oxygen atoms in total. The Balaban J connectivity index is 0. The molecule has 0 saturated carbocycles. The Morgan fingerprint density at radius 3 is 2.00 bits per heavy atom. The molecule has 0 amide bonds. The second-order valence-corrected chi connectivity index (χ2v) is 9.31. The van der Waals surface area contributed by atoms with Gasteiger partial charge in [0, 0.05) is 0 Å². The summed E-state index contributed by atoms with van der Waals surface area (Å²) in [6.45, 7) is 2.17. The van der Waals surface area contributed by atoms with Crippen LogP contribution in [0.25, 0.3) is 0 Å². The fourth-order valence-electron chi connectivity index (χ4n) is 0.496. The minimum absolute atomic E-state index is 0.966. The Kier molecular flexibility index (Phi) is 18.3. The van der Waals surface area contributed by atoms with E-state index in [1.54, 1.807) is 0 Å². The predicted octanol–water partition coefficient (Wildman–Crippen LogP) is 4.28. The third kappa shape index (κ3) is 35.2. The second-order valence-electron chi connectivity index (χ2n) is 1.84. The molecule has 0 aromatic rings. The molecule has 0 aliphatic heterocycles. The number of unbranched alkanes of at least 4 members (excludes halogenated alkanes) is 3. The van der Waals surface area contributed by atoms with Crippen molar-refractivity contribution in [3.8, 4) is 0 Å². The monoisotopic (exact) mass is 307 g/mol. The molecule has 0 aromatic carbocycles. The summed E-state index contributed by atoms with van der Waals surface area (Å²) in [5.74, 6) is 0. The summed E-state index contributed by atoms with van der Waals surface area (Å²) in [5.41, 5.74) is 0. The SMILES string of the molecule is CCCCCC=N.[Cl][Rh]([Cl])[Cl]. The summed E-state index contributed by atoms with van der Waals surface area (Å²) in [7, 11) is 14.8. The molecule has 0 aliphatic carbocycles. The van der Waals surface area contributed by atoms with E-state index in [2.05, 4.69) is 6.92 Å². The van der Waals surface area contributed by atoms with Gasteiger partial charge in [-0.25, -0.2) is 0 Å². The van der Waals surface area contributed by atoms with E-state index in [4.69, 9.17) is 34.5 Å². The van der Waals surface area contributed by atoms with Crippen LogP contribution < -0.4 is 0 Å². The first-order chi connectivity index (χ1) is 5.15. The molecule has 0 bridgehead atoms. The number of halogens is 3. The van der Waals surface area contributed by atoms with Gasteiger partial charge in [-0.15, -0.1) is 0 Å². The van der Waals surface area contributed by atoms with Crippen molar-refractivity contribution in [2.24, 2.45) is 0 Å². The van der Waals surface area contributed by atoms with Crippen molar-refractivity contribution in [3.05, 3.63) is 0 Å². The van der Waals surface area contributed by atoms with E-state index < -0.39 is 13.0 Å². The van der Waals surface area contributed by atoms with Gasteiger partial charge in [-0.05, 0) is 19.1 Å². The van der Waals surface area contributed by atoms with Gasteiger partial charge in [-0.2, -0.15) is 0 Å². The van der Waals surface area contributed by atoms with Gasteiger partial charge < -0.3 is 5.41 Å². The molecule has 0 aliphatic rings. The van der Waals surface area contributed by atoms with Crippen LogP contribution in [0, 0.1) is 5.41 Å². The first kappa shape index (κ1) is 14.7. The van der Waals surface area contributed by atoms with E-state index in [1.807, 2.05) is 0 Å². The standard InChI is InChI=1S/C6H13N.3ClH.Rh/c1-2-3-4-5-6-7;;;;/h6-7H,2-5H2,1H3;3*1H;/q;;;;+3/p-3. The van der Waals surface area contributed by atoms with Crippen molar-refractivity contribution >= 4 is 35.3 Å². The topological polar surface area (TPSA) is 23.9 Å². The van der Waals surface area contributed by atoms with Gasteiger partial charge in [0.25, 0.3) is 0 Å². The molecule has 0 rings (SSSR count). The third-order valence-electron chi connectivity index (χ3n) is 0.952. The summed E-state index contributed by atoms with van der Waals surface area (Å²) >= 11 is -1.66. The summed E-state index contributed by atoms with van der Waals surface area (Å²) in [4.78, 5) is 0. The maximum atomic E-state index is 6.66. The van der Waals surface area contributed by atoms with E-state index in [-0.39, 0.29) is 0 Å². The van der Waals surface area contributed by atoms with Crippen molar-refractivity contribution < 1.29 is 13.0 Å². The van der Waals surface area contributed by atoms with E-state index in [9.17, 15) is 0 Å². The second kappa shape index (κ2) is 13.7. The minimum atomic E-state index is -1.66. The number of nitrogens with one attached hydrogen (secondary N) is 1. The molecule has 0 radical (unpaired) electrons. The van der Waals surface area contributed by atoms with Crippen LogP contribution >= 0.6 is 29.1 Å². The molecule has 0 atom stereocenters. The quantitative estimate of drug-likeness (QED) is 0.455. The Morgan fingerprint density at radius 1 is 1.27 bits per heavy atom. The van der Waals surface area contributed by atoms with Crippen molar-refractivity contribution in [2.45, 2.75) is 32.6 Å². The van der Waals surface area contributed by atoms with Gasteiger partial charge in [0.15, 0.2) is 0 Å². The van der Waals surface area contributed by atoms with E-state index in [0.717, 1.165) is 6.42 Å². The number of hydrogen-bond acceptors (Lipinski definition) is 1. The van der Waals surface area contributed by atoms with Gasteiger partial charge in [0.1, 0.15) is 0 Å². The maximum absolute atomic E-state index is 6.66. The average Bonchev–Trinajstić information content (AvgIpc) is 1.88. The van der Waals surface area contributed by atoms with Gasteiger partial charge in [0.2, 0.25) is 0 Å². The predicted molar refractivity (Wildman–Crippen MR) is 50.5 cm³/mol. The molecular formula is C6H13Cl3NRh. The Labute approximate surface area is 85.9 Å². The Hall–Kier alpha value is 1.16. The van der Waals surface area contributed by atoms with Crippen LogP contribution in [0.3, 0.4) is 0 Å². The molecule has 0 heterocycles. The fourth-order valence-corrected chi connectivity index (χ4v) is 0.496. The molecular weight excluding hydrogens is 295 g/mol. The third-order valence-corrected chi connectivity index (χ3v) is 0.952. The van der Waals surface area contributed by atoms with Crippen LogP contribution in [-0.2, 0) is 13.0 Å². The molecule has 5 heteroatoms. The van der Waals surface area contributed by atoms with Gasteiger partial charge >= 0.3 is 42.1 Å². The normalized spacial score (nSPS) is 9.64. The van der Waals surface area contributed by atoms with Crippen molar-refractivity contribution in [3.63, 3.8) is 0 Å². The first-order valence-corrected chi connectivity index (χ1v) is 9.61. The van der Waals surface area contributed by atoms with Crippen molar-refractivity contribution in [1.29, 1.82) is 5.41 Å². The van der Waals surface area contributed by atoms with Gasteiger partial charge in [-0.3, -0.25) is 0 Å². The van der Waals surface area contributed by atoms with Gasteiger partial charge in [0.05, 0.1) is 0 Å². The summed E-state index contributed by atoms with van der Waals surface area (Å²) in [5, 5.41) is 6.66. The van der Waals surface area contributed by atoms with Crippen LogP contribution in [0.1, 0.15) is 32.6 Å². The summed E-state index contributed by atoms with van der Waals surface area (Å²) < 4.78 is 0. The molecule has 0 saturated heterocycles. The molecule has 72 valence electrons. The Morgan fingerprint density at radius 2 is 1.73 bits per heavy atom. The van der Waals surface area contributed by atoms with Crippen LogP contribution in [0.15, 0.2) is 0 Å². The number of hydrogen-bond donors (Lipinski definition) is 1. The molecule has 11 heavy (non-hydrogen) atoms. The Bertz CT molecular complexity index is 77.5. The fraction of sp³-hybridized carbons (Fsp3) is 0.833. The zero-order chi connectivity index (χ0) is 9.11. The van der Waals surface area contributed by atoms with Crippen molar-refractivity contribution in [1.82, 2.24) is 0 Å². The molecule has 1 N–H and O–H groups in total. The van der Waals surface area contributed by atoms with Crippen LogP contribution in [-0.4, -0.2) is 6.21 Å². The first-order valence-electron chi connectivity index (χ1n) is 3.28. The summed E-state index contributed by atoms with van der Waals surface area (Å²) in [6, 6.07) is 0. The zero-order valence-electron chi connectivity index (χ0n) is 6.37. The average molecular weight is 308 g/mol. The molecule has 0 fully saturated rings. The summed E-state index contributed by atoms with van der Waals surface area (Å²) in [6.07, 6.45) is 6.17. The van der Waals surface area contributed by atoms with E-state index >= 15 is 0 Å².